The van der Waals surface area contributed by atoms with E-state index in [1.54, 1.807) is 26.0 Å². The van der Waals surface area contributed by atoms with Crippen molar-refractivity contribution in [1.82, 2.24) is 10.6 Å². The lowest BCUT2D eigenvalue weighted by molar-refractivity contribution is -0.137. The van der Waals surface area contributed by atoms with Gasteiger partial charge in [0.05, 0.1) is 12.5 Å². The topological polar surface area (TPSA) is 95.5 Å². The number of nitrogens with one attached hydrogen (secondary N) is 2. The Morgan fingerprint density at radius 1 is 0.966 bits per heavy atom. The van der Waals surface area contributed by atoms with Gasteiger partial charge in [-0.2, -0.15) is 0 Å². The molecule has 0 aliphatic rings. The van der Waals surface area contributed by atoms with Gasteiger partial charge in [0.15, 0.2) is 0 Å². The molecule has 2 aromatic carbocycles. The van der Waals surface area contributed by atoms with Crippen LogP contribution >= 0.6 is 0 Å². The first-order valence-electron chi connectivity index (χ1n) is 9.32. The minimum atomic E-state index is -1.05. The number of halogens is 1. The predicted octanol–water partition coefficient (Wildman–Crippen LogP) is 3.22. The van der Waals surface area contributed by atoms with Crippen LogP contribution in [0.5, 0.6) is 0 Å². The quantitative estimate of drug-likeness (QED) is 0.634. The molecule has 0 aliphatic heterocycles. The van der Waals surface area contributed by atoms with E-state index in [2.05, 4.69) is 10.6 Å². The average molecular weight is 400 g/mol. The number of benzene rings is 2. The van der Waals surface area contributed by atoms with E-state index >= 15 is 0 Å². The number of carboxylic acid groups (broad SMARTS) is 1. The second kappa shape index (κ2) is 9.82. The van der Waals surface area contributed by atoms with Crippen molar-refractivity contribution in [3.63, 3.8) is 0 Å². The molecule has 2 atom stereocenters. The van der Waals surface area contributed by atoms with Crippen LogP contribution in [0.25, 0.3) is 0 Å². The summed E-state index contributed by atoms with van der Waals surface area (Å²) in [7, 11) is 0. The highest BCUT2D eigenvalue weighted by Gasteiger charge is 2.28. The Morgan fingerprint density at radius 3 is 2.07 bits per heavy atom. The van der Waals surface area contributed by atoms with Gasteiger partial charge in [0.2, 0.25) is 5.91 Å². The molecule has 154 valence electrons. The van der Waals surface area contributed by atoms with E-state index in [0.717, 1.165) is 5.56 Å². The Hall–Kier alpha value is -3.22. The van der Waals surface area contributed by atoms with E-state index in [1.165, 1.54) is 24.3 Å². The van der Waals surface area contributed by atoms with Gasteiger partial charge in [-0.25, -0.2) is 4.39 Å². The summed E-state index contributed by atoms with van der Waals surface area (Å²) in [5.74, 6) is -2.75. The van der Waals surface area contributed by atoms with Crippen molar-refractivity contribution in [3.8, 4) is 0 Å². The zero-order valence-electron chi connectivity index (χ0n) is 16.6. The van der Waals surface area contributed by atoms with Crippen molar-refractivity contribution in [1.29, 1.82) is 0 Å². The molecule has 6 nitrogen and oxygen atoms in total. The maximum atomic E-state index is 13.1. The predicted molar refractivity (Wildman–Crippen MR) is 107 cm³/mol. The van der Waals surface area contributed by atoms with Crippen LogP contribution in [0.3, 0.4) is 0 Å². The molecule has 0 unspecified atom stereocenters. The van der Waals surface area contributed by atoms with Crippen LogP contribution in [0.2, 0.25) is 0 Å². The van der Waals surface area contributed by atoms with Crippen molar-refractivity contribution >= 4 is 17.8 Å². The second-order valence-electron chi connectivity index (χ2n) is 7.27. The van der Waals surface area contributed by atoms with E-state index in [4.69, 9.17) is 0 Å². The minimum absolute atomic E-state index is 0.227. The van der Waals surface area contributed by atoms with E-state index in [0.29, 0.717) is 5.56 Å². The highest BCUT2D eigenvalue weighted by atomic mass is 19.1. The Balaban J connectivity index is 2.16. The van der Waals surface area contributed by atoms with Gasteiger partial charge in [-0.1, -0.05) is 43.7 Å². The number of aryl methyl sites for hydroxylation is 1. The fourth-order valence-electron chi connectivity index (χ4n) is 2.85. The summed E-state index contributed by atoms with van der Waals surface area (Å²) in [6, 6.07) is 10.6. The van der Waals surface area contributed by atoms with E-state index in [-0.39, 0.29) is 17.9 Å². The molecule has 29 heavy (non-hydrogen) atoms. The number of aliphatic carboxylic acids is 1. The Kier molecular flexibility index (Phi) is 7.47. The van der Waals surface area contributed by atoms with Gasteiger partial charge in [-0.3, -0.25) is 14.4 Å². The monoisotopic (exact) mass is 400 g/mol. The van der Waals surface area contributed by atoms with Crippen molar-refractivity contribution < 1.29 is 23.9 Å². The summed E-state index contributed by atoms with van der Waals surface area (Å²) in [6.45, 7) is 5.45. The Bertz CT molecular complexity index is 863. The van der Waals surface area contributed by atoms with Gasteiger partial charge in [0, 0.05) is 5.56 Å². The van der Waals surface area contributed by atoms with Crippen LogP contribution in [0.1, 0.15) is 47.8 Å². The summed E-state index contributed by atoms with van der Waals surface area (Å²) in [5, 5.41) is 14.6. The number of hydrogen-bond acceptors (Lipinski definition) is 3. The first kappa shape index (κ1) is 22.1. The third-order valence-electron chi connectivity index (χ3n) is 4.52. The van der Waals surface area contributed by atoms with Crippen LogP contribution in [0, 0.1) is 18.7 Å². The third kappa shape index (κ3) is 6.41. The molecule has 2 aromatic rings. The van der Waals surface area contributed by atoms with Gasteiger partial charge in [-0.05, 0) is 42.7 Å². The zero-order valence-corrected chi connectivity index (χ0v) is 16.6. The van der Waals surface area contributed by atoms with Gasteiger partial charge < -0.3 is 15.7 Å². The fourth-order valence-corrected chi connectivity index (χ4v) is 2.85. The molecule has 0 heterocycles. The normalized spacial score (nSPS) is 12.9. The molecule has 7 heteroatoms. The molecule has 2 amide bonds. The van der Waals surface area contributed by atoms with Crippen molar-refractivity contribution in [2.45, 2.75) is 39.3 Å². The Labute approximate surface area is 169 Å². The zero-order chi connectivity index (χ0) is 21.6. The van der Waals surface area contributed by atoms with Crippen LogP contribution in [0.15, 0.2) is 48.5 Å². The third-order valence-corrected chi connectivity index (χ3v) is 4.52. The van der Waals surface area contributed by atoms with Gasteiger partial charge in [-0.15, -0.1) is 0 Å². The Morgan fingerprint density at radius 2 is 1.55 bits per heavy atom. The van der Waals surface area contributed by atoms with Crippen molar-refractivity contribution in [2.24, 2.45) is 5.92 Å². The highest BCUT2D eigenvalue weighted by Crippen LogP contribution is 2.19. The highest BCUT2D eigenvalue weighted by molar-refractivity contribution is 5.97. The lowest BCUT2D eigenvalue weighted by Crippen LogP contribution is -2.50. The second-order valence-corrected chi connectivity index (χ2v) is 7.27. The summed E-state index contributed by atoms with van der Waals surface area (Å²) >= 11 is 0. The molecule has 0 aliphatic carbocycles. The van der Waals surface area contributed by atoms with Crippen LogP contribution < -0.4 is 10.6 Å². The lowest BCUT2D eigenvalue weighted by atomic mass is 9.99. The fraction of sp³-hybridized carbons (Fsp3) is 0.318. The number of carbonyl (C=O) groups is 3. The summed E-state index contributed by atoms with van der Waals surface area (Å²) < 4.78 is 13.1. The minimum Gasteiger partial charge on any atom is -0.481 e. The molecule has 3 N–H and O–H groups in total. The molecule has 0 spiro atoms. The van der Waals surface area contributed by atoms with Crippen LogP contribution in [-0.2, 0) is 9.59 Å². The van der Waals surface area contributed by atoms with Gasteiger partial charge in [0.1, 0.15) is 11.9 Å². The average Bonchev–Trinajstić information content (AvgIpc) is 2.65. The van der Waals surface area contributed by atoms with E-state index < -0.39 is 35.7 Å². The number of carboxylic acids is 1. The van der Waals surface area contributed by atoms with Gasteiger partial charge >= 0.3 is 5.97 Å². The van der Waals surface area contributed by atoms with E-state index in [1.807, 2.05) is 19.1 Å². The lowest BCUT2D eigenvalue weighted by Gasteiger charge is -2.25. The molecular formula is C22H25FN2O4. The molecule has 0 saturated carbocycles. The number of hydrogen-bond donors (Lipinski definition) is 3. The van der Waals surface area contributed by atoms with Crippen LogP contribution in [-0.4, -0.2) is 28.9 Å². The molecule has 0 radical (unpaired) electrons. The number of amides is 2. The van der Waals surface area contributed by atoms with Crippen molar-refractivity contribution in [3.05, 3.63) is 71.0 Å². The maximum absolute atomic E-state index is 13.1. The molecule has 2 rings (SSSR count). The molecule has 0 saturated heterocycles. The smallest absolute Gasteiger partial charge is 0.305 e. The van der Waals surface area contributed by atoms with Gasteiger partial charge in [0.25, 0.3) is 5.91 Å². The summed E-state index contributed by atoms with van der Waals surface area (Å²) in [4.78, 5) is 36.6. The first-order chi connectivity index (χ1) is 13.7. The number of carbonyl (C=O) groups excluding carboxylic acids is 2. The largest absolute Gasteiger partial charge is 0.481 e. The van der Waals surface area contributed by atoms with E-state index in [9.17, 15) is 23.9 Å². The summed E-state index contributed by atoms with van der Waals surface area (Å²) in [5.41, 5.74) is 1.91. The number of rotatable bonds is 8. The summed E-state index contributed by atoms with van der Waals surface area (Å²) in [6.07, 6.45) is -0.286. The maximum Gasteiger partial charge on any atom is 0.305 e. The molecule has 0 fully saturated rings. The molecule has 0 bridgehead atoms. The first-order valence-corrected chi connectivity index (χ1v) is 9.32. The van der Waals surface area contributed by atoms with Crippen molar-refractivity contribution in [2.75, 3.05) is 0 Å². The standard InChI is InChI=1S/C22H25FN2O4/c1-13(2)20(25-21(28)16-8-10-17(23)11-9-16)22(29)24-18(12-19(26)27)15-6-4-14(3)5-7-15/h4-11,13,18,20H,12H2,1-3H3,(H,24,29)(H,25,28)(H,26,27)/t18-,20+/m0/s1. The molecular weight excluding hydrogens is 375 g/mol. The SMILES string of the molecule is Cc1ccc([C@H](CC(=O)O)NC(=O)[C@H](NC(=O)c2ccc(F)cc2)C(C)C)cc1. The van der Waals surface area contributed by atoms with Crippen LogP contribution in [0.4, 0.5) is 4.39 Å². The molecule has 0 aromatic heterocycles.